The fraction of sp³-hybridized carbons (Fsp3) is 0.611. The Hall–Kier alpha value is -1.71. The Balaban J connectivity index is 1.71. The third kappa shape index (κ3) is 5.24. The normalized spacial score (nSPS) is 18.8. The minimum atomic E-state index is 0.684. The highest BCUT2D eigenvalue weighted by atomic mass is 15.2. The molecule has 4 heteroatoms. The van der Waals surface area contributed by atoms with E-state index in [-0.39, 0.29) is 0 Å². The smallest absolute Gasteiger partial charge is 0.190 e. The molecule has 0 aromatic heterocycles. The van der Waals surface area contributed by atoms with Crippen LogP contribution in [0.5, 0.6) is 0 Å². The van der Waals surface area contributed by atoms with E-state index in [1.54, 1.807) is 0 Å². The third-order valence-electron chi connectivity index (χ3n) is 4.20. The van der Waals surface area contributed by atoms with Crippen molar-refractivity contribution in [2.75, 3.05) is 38.1 Å². The lowest BCUT2D eigenvalue weighted by atomic mass is 10.1. The largest absolute Gasteiger partial charge is 0.371 e. The molecule has 0 radical (unpaired) electrons. The Kier molecular flexibility index (Phi) is 6.56. The molecule has 2 N–H and O–H groups in total. The molecule has 0 bridgehead atoms. The quantitative estimate of drug-likeness (QED) is 0.627. The summed E-state index contributed by atoms with van der Waals surface area (Å²) in [4.78, 5) is 6.78. The van der Waals surface area contributed by atoms with Gasteiger partial charge in [0.1, 0.15) is 0 Å². The zero-order valence-corrected chi connectivity index (χ0v) is 14.2. The number of hydrogen-bond donors (Lipinski definition) is 2. The summed E-state index contributed by atoms with van der Waals surface area (Å²) in [6, 6.07) is 10.7. The Labute approximate surface area is 135 Å². The molecule has 1 saturated heterocycles. The highest BCUT2D eigenvalue weighted by Gasteiger charge is 2.22. The van der Waals surface area contributed by atoms with Crippen LogP contribution >= 0.6 is 0 Å². The molecule has 1 aliphatic rings. The second-order valence-corrected chi connectivity index (χ2v) is 6.50. The summed E-state index contributed by atoms with van der Waals surface area (Å²) in [5.74, 6) is 2.34. The highest BCUT2D eigenvalue weighted by molar-refractivity contribution is 5.79. The average Bonchev–Trinajstić information content (AvgIpc) is 3.00. The fourth-order valence-electron chi connectivity index (χ4n) is 2.81. The molecule has 0 spiro atoms. The van der Waals surface area contributed by atoms with Gasteiger partial charge in [0.2, 0.25) is 0 Å². The van der Waals surface area contributed by atoms with E-state index >= 15 is 0 Å². The van der Waals surface area contributed by atoms with Crippen molar-refractivity contribution in [3.63, 3.8) is 0 Å². The highest BCUT2D eigenvalue weighted by Crippen LogP contribution is 2.22. The predicted molar refractivity (Wildman–Crippen MR) is 95.6 cm³/mol. The molecule has 0 aliphatic carbocycles. The summed E-state index contributed by atoms with van der Waals surface area (Å²) in [7, 11) is 1.84. The van der Waals surface area contributed by atoms with Gasteiger partial charge >= 0.3 is 0 Å². The van der Waals surface area contributed by atoms with Crippen LogP contribution in [0.3, 0.4) is 0 Å². The van der Waals surface area contributed by atoms with Crippen molar-refractivity contribution in [2.24, 2.45) is 16.8 Å². The van der Waals surface area contributed by atoms with Crippen molar-refractivity contribution in [1.82, 2.24) is 10.6 Å². The van der Waals surface area contributed by atoms with Crippen LogP contribution in [-0.4, -0.2) is 39.2 Å². The molecule has 1 unspecified atom stereocenters. The standard InChI is InChI=1S/C18H30N4/c1-15(2)9-11-20-18(19-3)21-13-16-10-12-22(14-16)17-7-5-4-6-8-17/h4-8,15-16H,9-14H2,1-3H3,(H2,19,20,21). The number of rotatable bonds is 6. The van der Waals surface area contributed by atoms with Crippen LogP contribution in [0.25, 0.3) is 0 Å². The van der Waals surface area contributed by atoms with E-state index in [0.717, 1.165) is 38.1 Å². The van der Waals surface area contributed by atoms with E-state index in [4.69, 9.17) is 0 Å². The van der Waals surface area contributed by atoms with Crippen molar-refractivity contribution < 1.29 is 0 Å². The first kappa shape index (κ1) is 16.7. The summed E-state index contributed by atoms with van der Waals surface area (Å²) < 4.78 is 0. The molecular formula is C18H30N4. The van der Waals surface area contributed by atoms with Crippen LogP contribution in [0, 0.1) is 11.8 Å². The van der Waals surface area contributed by atoms with Crippen molar-refractivity contribution in [2.45, 2.75) is 26.7 Å². The summed E-state index contributed by atoms with van der Waals surface area (Å²) in [6.07, 6.45) is 2.41. The molecule has 22 heavy (non-hydrogen) atoms. The number of nitrogens with one attached hydrogen (secondary N) is 2. The lowest BCUT2D eigenvalue weighted by Crippen LogP contribution is -2.40. The number of nitrogens with zero attached hydrogens (tertiary/aromatic N) is 2. The zero-order valence-electron chi connectivity index (χ0n) is 14.2. The van der Waals surface area contributed by atoms with E-state index < -0.39 is 0 Å². The Morgan fingerprint density at radius 2 is 2.05 bits per heavy atom. The maximum absolute atomic E-state index is 4.30. The summed E-state index contributed by atoms with van der Waals surface area (Å²) in [6.45, 7) is 8.74. The van der Waals surface area contributed by atoms with Gasteiger partial charge in [0.05, 0.1) is 0 Å². The first-order valence-electron chi connectivity index (χ1n) is 8.43. The fourth-order valence-corrected chi connectivity index (χ4v) is 2.81. The molecular weight excluding hydrogens is 272 g/mol. The van der Waals surface area contributed by atoms with Crippen LogP contribution in [0.1, 0.15) is 26.7 Å². The lowest BCUT2D eigenvalue weighted by molar-refractivity contribution is 0.551. The van der Waals surface area contributed by atoms with Gasteiger partial charge in [0.25, 0.3) is 0 Å². The number of hydrogen-bond acceptors (Lipinski definition) is 2. The van der Waals surface area contributed by atoms with E-state index in [0.29, 0.717) is 5.92 Å². The van der Waals surface area contributed by atoms with E-state index in [1.807, 2.05) is 7.05 Å². The Bertz CT molecular complexity index is 455. The molecule has 1 heterocycles. The van der Waals surface area contributed by atoms with Gasteiger partial charge in [-0.1, -0.05) is 32.0 Å². The van der Waals surface area contributed by atoms with Crippen molar-refractivity contribution >= 4 is 11.6 Å². The maximum Gasteiger partial charge on any atom is 0.190 e. The lowest BCUT2D eigenvalue weighted by Gasteiger charge is -2.19. The van der Waals surface area contributed by atoms with Gasteiger partial charge in [-0.05, 0) is 36.8 Å². The molecule has 0 saturated carbocycles. The number of para-hydroxylation sites is 1. The molecule has 0 amide bonds. The number of benzene rings is 1. The van der Waals surface area contributed by atoms with E-state index in [1.165, 1.54) is 18.5 Å². The molecule has 1 atom stereocenters. The van der Waals surface area contributed by atoms with Crippen molar-refractivity contribution in [3.05, 3.63) is 30.3 Å². The van der Waals surface area contributed by atoms with Crippen LogP contribution in [0.15, 0.2) is 35.3 Å². The van der Waals surface area contributed by atoms with Crippen LogP contribution in [0.2, 0.25) is 0 Å². The van der Waals surface area contributed by atoms with Gasteiger partial charge in [-0.2, -0.15) is 0 Å². The number of aliphatic imine (C=N–C) groups is 1. The third-order valence-corrected chi connectivity index (χ3v) is 4.20. The van der Waals surface area contributed by atoms with Crippen LogP contribution < -0.4 is 15.5 Å². The second kappa shape index (κ2) is 8.66. The number of anilines is 1. The molecule has 4 nitrogen and oxygen atoms in total. The maximum atomic E-state index is 4.30. The molecule has 122 valence electrons. The first-order chi connectivity index (χ1) is 10.7. The average molecular weight is 302 g/mol. The first-order valence-corrected chi connectivity index (χ1v) is 8.43. The summed E-state index contributed by atoms with van der Waals surface area (Å²) >= 11 is 0. The second-order valence-electron chi connectivity index (χ2n) is 6.50. The SMILES string of the molecule is CN=C(NCCC(C)C)NCC1CCN(c2ccccc2)C1. The zero-order chi connectivity index (χ0) is 15.8. The number of guanidine groups is 1. The molecule has 1 aromatic carbocycles. The Morgan fingerprint density at radius 1 is 1.27 bits per heavy atom. The van der Waals surface area contributed by atoms with Gasteiger partial charge < -0.3 is 15.5 Å². The molecule has 1 aromatic rings. The summed E-state index contributed by atoms with van der Waals surface area (Å²) in [5, 5.41) is 6.86. The summed E-state index contributed by atoms with van der Waals surface area (Å²) in [5.41, 5.74) is 1.34. The predicted octanol–water partition coefficient (Wildman–Crippen LogP) is 2.72. The Morgan fingerprint density at radius 3 is 2.73 bits per heavy atom. The van der Waals surface area contributed by atoms with Crippen molar-refractivity contribution in [1.29, 1.82) is 0 Å². The monoisotopic (exact) mass is 302 g/mol. The van der Waals surface area contributed by atoms with Gasteiger partial charge in [-0.3, -0.25) is 4.99 Å². The minimum absolute atomic E-state index is 0.684. The topological polar surface area (TPSA) is 39.7 Å². The van der Waals surface area contributed by atoms with Crippen LogP contribution in [-0.2, 0) is 0 Å². The van der Waals surface area contributed by atoms with Gasteiger partial charge in [0.15, 0.2) is 5.96 Å². The van der Waals surface area contributed by atoms with Gasteiger partial charge in [0, 0.05) is 38.9 Å². The van der Waals surface area contributed by atoms with Crippen LogP contribution in [0.4, 0.5) is 5.69 Å². The molecule has 2 rings (SSSR count). The van der Waals surface area contributed by atoms with Gasteiger partial charge in [-0.25, -0.2) is 0 Å². The molecule has 1 aliphatic heterocycles. The minimum Gasteiger partial charge on any atom is -0.371 e. The van der Waals surface area contributed by atoms with E-state index in [9.17, 15) is 0 Å². The van der Waals surface area contributed by atoms with Gasteiger partial charge in [-0.15, -0.1) is 0 Å². The van der Waals surface area contributed by atoms with E-state index in [2.05, 4.69) is 64.7 Å². The molecule has 1 fully saturated rings. The van der Waals surface area contributed by atoms with Crippen molar-refractivity contribution in [3.8, 4) is 0 Å².